The largest absolute Gasteiger partial charge is 0.309 e. The summed E-state index contributed by atoms with van der Waals surface area (Å²) in [6.45, 7) is 4.81. The Morgan fingerprint density at radius 2 is 1.10 bits per heavy atom. The molecule has 0 bridgehead atoms. The molecule has 0 radical (unpaired) electrons. The van der Waals surface area contributed by atoms with E-state index in [1.165, 1.54) is 72.0 Å². The third kappa shape index (κ3) is 3.80. The normalized spacial score (nSPS) is 16.6. The lowest BCUT2D eigenvalue weighted by molar-refractivity contribution is 0.631. The van der Waals surface area contributed by atoms with E-state index in [2.05, 4.69) is 205 Å². The predicted molar refractivity (Wildman–Crippen MR) is 237 cm³/mol. The number of nitrogens with zero attached hydrogens (tertiary/aromatic N) is 4. The third-order valence-corrected chi connectivity index (χ3v) is 13.4. The lowest BCUT2D eigenvalue weighted by Crippen LogP contribution is -2.35. The standard InChI is InChI=1S/C54H36N4/c1-53(2)39-24-10-14-29-45(39)58(52-55-43-27-12-7-21-37(43)50(56-52)33-17-4-3-5-18-33)47-32-31-41-48(49(47)53)36-20-6-9-23-38(36)54(41)40-25-11-15-30-46(40)57-44-28-13-8-19-34(44)35-22-16-26-42(54)51(35)57/h3-32H,1-2H3. The van der Waals surface area contributed by atoms with Crippen LogP contribution in [0.25, 0.3) is 60.8 Å². The fraction of sp³-hybridized carbons (Fsp3) is 0.0741. The molecule has 3 aliphatic rings. The Bertz CT molecular complexity index is 3390. The second kappa shape index (κ2) is 11.2. The molecule has 4 heteroatoms. The predicted octanol–water partition coefficient (Wildman–Crippen LogP) is 13.2. The van der Waals surface area contributed by atoms with Crippen LogP contribution in [0.15, 0.2) is 182 Å². The van der Waals surface area contributed by atoms with E-state index in [1.54, 1.807) is 0 Å². The molecule has 58 heavy (non-hydrogen) atoms. The van der Waals surface area contributed by atoms with E-state index in [0.29, 0.717) is 5.95 Å². The van der Waals surface area contributed by atoms with Crippen LogP contribution < -0.4 is 4.90 Å². The molecule has 8 aromatic carbocycles. The molecule has 0 amide bonds. The minimum absolute atomic E-state index is 0.361. The molecule has 1 spiro atoms. The molecule has 4 heterocycles. The monoisotopic (exact) mass is 740 g/mol. The quantitative estimate of drug-likeness (QED) is 0.177. The molecule has 1 atom stereocenters. The molecule has 0 saturated heterocycles. The Hall–Kier alpha value is -7.30. The molecule has 2 aliphatic heterocycles. The number of anilines is 3. The first kappa shape index (κ1) is 31.9. The highest BCUT2D eigenvalue weighted by molar-refractivity contribution is 6.13. The highest BCUT2D eigenvalue weighted by Crippen LogP contribution is 2.65. The summed E-state index contributed by atoms with van der Waals surface area (Å²) in [7, 11) is 0. The maximum atomic E-state index is 5.48. The number of fused-ring (bicyclic) bond motifs is 16. The highest BCUT2D eigenvalue weighted by atomic mass is 15.3. The Kier molecular flexibility index (Phi) is 6.14. The zero-order chi connectivity index (χ0) is 38.3. The van der Waals surface area contributed by atoms with Crippen molar-refractivity contribution >= 4 is 50.0 Å². The molecular formula is C54H36N4. The van der Waals surface area contributed by atoms with Crippen molar-refractivity contribution in [3.8, 4) is 28.1 Å². The minimum atomic E-state index is -0.542. The van der Waals surface area contributed by atoms with Crippen molar-refractivity contribution in [2.75, 3.05) is 4.90 Å². The molecule has 1 unspecified atom stereocenters. The number of hydrogen-bond acceptors (Lipinski definition) is 3. The molecule has 2 aromatic heterocycles. The molecule has 13 rings (SSSR count). The summed E-state index contributed by atoms with van der Waals surface area (Å²) in [5.74, 6) is 0.667. The van der Waals surface area contributed by atoms with Gasteiger partial charge < -0.3 is 4.57 Å². The average Bonchev–Trinajstić information content (AvgIpc) is 3.77. The molecule has 0 fully saturated rings. The van der Waals surface area contributed by atoms with Gasteiger partial charge >= 0.3 is 0 Å². The van der Waals surface area contributed by atoms with Crippen LogP contribution >= 0.6 is 0 Å². The van der Waals surface area contributed by atoms with Crippen molar-refractivity contribution in [2.24, 2.45) is 0 Å². The summed E-state index contributed by atoms with van der Waals surface area (Å²) < 4.78 is 2.52. The van der Waals surface area contributed by atoms with Gasteiger partial charge in [-0.1, -0.05) is 166 Å². The van der Waals surface area contributed by atoms with E-state index in [1.807, 2.05) is 0 Å². The summed E-state index contributed by atoms with van der Waals surface area (Å²) in [5.41, 5.74) is 18.4. The Balaban J connectivity index is 1.16. The lowest BCUT2D eigenvalue weighted by Gasteiger charge is -2.43. The van der Waals surface area contributed by atoms with Gasteiger partial charge in [0, 0.05) is 27.1 Å². The number of rotatable bonds is 2. The van der Waals surface area contributed by atoms with Gasteiger partial charge in [-0.25, -0.2) is 9.97 Å². The zero-order valence-corrected chi connectivity index (χ0v) is 32.1. The average molecular weight is 741 g/mol. The van der Waals surface area contributed by atoms with Crippen molar-refractivity contribution in [3.63, 3.8) is 0 Å². The molecule has 1 aliphatic carbocycles. The van der Waals surface area contributed by atoms with E-state index in [4.69, 9.17) is 9.97 Å². The van der Waals surface area contributed by atoms with E-state index >= 15 is 0 Å². The van der Waals surface area contributed by atoms with Gasteiger partial charge in [0.1, 0.15) is 0 Å². The van der Waals surface area contributed by atoms with Crippen LogP contribution in [-0.4, -0.2) is 14.5 Å². The van der Waals surface area contributed by atoms with Crippen molar-refractivity contribution < 1.29 is 0 Å². The summed E-state index contributed by atoms with van der Waals surface area (Å²) in [5, 5.41) is 3.60. The first-order valence-electron chi connectivity index (χ1n) is 20.2. The van der Waals surface area contributed by atoms with Crippen LogP contribution in [-0.2, 0) is 10.8 Å². The van der Waals surface area contributed by atoms with Gasteiger partial charge in [0.05, 0.1) is 44.7 Å². The number of benzene rings is 8. The van der Waals surface area contributed by atoms with Crippen molar-refractivity contribution in [3.05, 3.63) is 215 Å². The summed E-state index contributed by atoms with van der Waals surface area (Å²) in [4.78, 5) is 13.2. The zero-order valence-electron chi connectivity index (χ0n) is 32.1. The number of para-hydroxylation sites is 5. The highest BCUT2D eigenvalue weighted by Gasteiger charge is 2.53. The maximum Gasteiger partial charge on any atom is 0.235 e. The van der Waals surface area contributed by atoms with Crippen LogP contribution in [0.3, 0.4) is 0 Å². The smallest absolute Gasteiger partial charge is 0.235 e. The Labute approximate surface area is 336 Å². The first-order valence-corrected chi connectivity index (χ1v) is 20.2. The summed E-state index contributed by atoms with van der Waals surface area (Å²) in [6.07, 6.45) is 0. The number of hydrogen-bond donors (Lipinski definition) is 0. The molecule has 0 saturated carbocycles. The van der Waals surface area contributed by atoms with E-state index in [-0.39, 0.29) is 5.41 Å². The van der Waals surface area contributed by atoms with Crippen LogP contribution in [0.5, 0.6) is 0 Å². The van der Waals surface area contributed by atoms with Gasteiger partial charge in [-0.05, 0) is 74.8 Å². The second-order valence-electron chi connectivity index (χ2n) is 16.5. The van der Waals surface area contributed by atoms with Crippen LogP contribution in [0.2, 0.25) is 0 Å². The van der Waals surface area contributed by atoms with Gasteiger partial charge in [0.15, 0.2) is 0 Å². The topological polar surface area (TPSA) is 34.0 Å². The molecule has 10 aromatic rings. The van der Waals surface area contributed by atoms with Gasteiger partial charge in [0.25, 0.3) is 0 Å². The lowest BCUT2D eigenvalue weighted by atomic mass is 9.64. The van der Waals surface area contributed by atoms with E-state index < -0.39 is 5.41 Å². The maximum absolute atomic E-state index is 5.48. The van der Waals surface area contributed by atoms with Gasteiger partial charge in [-0.2, -0.15) is 0 Å². The van der Waals surface area contributed by atoms with Crippen LogP contribution in [0, 0.1) is 0 Å². The van der Waals surface area contributed by atoms with E-state index in [9.17, 15) is 0 Å². The summed E-state index contributed by atoms with van der Waals surface area (Å²) >= 11 is 0. The van der Waals surface area contributed by atoms with Gasteiger partial charge in [-0.3, -0.25) is 4.90 Å². The van der Waals surface area contributed by atoms with Crippen molar-refractivity contribution in [2.45, 2.75) is 24.7 Å². The fourth-order valence-electron chi connectivity index (χ4n) is 11.1. The fourth-order valence-corrected chi connectivity index (χ4v) is 11.1. The Morgan fingerprint density at radius 3 is 1.97 bits per heavy atom. The molecule has 272 valence electrons. The van der Waals surface area contributed by atoms with Crippen molar-refractivity contribution in [1.29, 1.82) is 0 Å². The Morgan fingerprint density at radius 1 is 0.448 bits per heavy atom. The molecule has 0 N–H and O–H groups in total. The minimum Gasteiger partial charge on any atom is -0.309 e. The van der Waals surface area contributed by atoms with E-state index in [0.717, 1.165) is 33.5 Å². The van der Waals surface area contributed by atoms with Crippen LogP contribution in [0.4, 0.5) is 17.3 Å². The first-order chi connectivity index (χ1) is 28.6. The third-order valence-electron chi connectivity index (χ3n) is 13.4. The summed E-state index contributed by atoms with van der Waals surface area (Å²) in [6, 6.07) is 66.7. The molecular weight excluding hydrogens is 705 g/mol. The molecule has 4 nitrogen and oxygen atoms in total. The van der Waals surface area contributed by atoms with Gasteiger partial charge in [-0.15, -0.1) is 0 Å². The van der Waals surface area contributed by atoms with Crippen molar-refractivity contribution in [1.82, 2.24) is 14.5 Å². The second-order valence-corrected chi connectivity index (χ2v) is 16.5. The van der Waals surface area contributed by atoms with Gasteiger partial charge in [0.2, 0.25) is 5.95 Å². The number of aromatic nitrogens is 3. The SMILES string of the molecule is CC1(C)c2ccccc2N(c2nc(-c3ccccc3)c3ccccc3n2)c2ccc3c(c21)-c1ccccc1C31c2ccccc2-n2c3ccccc3c3cccc1c32. The van der Waals surface area contributed by atoms with Crippen LogP contribution in [0.1, 0.15) is 47.2 Å².